The SMILES string of the molecule is Cc1c(S(=O)(=O)c2ccc(Cl)cc2)c(N)n(C[C@H]2CCCO2)c1C. The molecule has 1 saturated heterocycles. The van der Waals surface area contributed by atoms with Crippen LogP contribution in [-0.2, 0) is 21.1 Å². The van der Waals surface area contributed by atoms with Crippen molar-refractivity contribution in [2.75, 3.05) is 12.3 Å². The molecule has 0 amide bonds. The van der Waals surface area contributed by atoms with Gasteiger partial charge in [-0.05, 0) is 56.5 Å². The van der Waals surface area contributed by atoms with E-state index >= 15 is 0 Å². The molecule has 2 aromatic rings. The Labute approximate surface area is 147 Å². The minimum absolute atomic E-state index is 0.0869. The van der Waals surface area contributed by atoms with Crippen molar-refractivity contribution in [3.8, 4) is 0 Å². The van der Waals surface area contributed by atoms with Crippen LogP contribution in [0.25, 0.3) is 0 Å². The van der Waals surface area contributed by atoms with E-state index in [2.05, 4.69) is 0 Å². The fourth-order valence-electron chi connectivity index (χ4n) is 3.16. The Balaban J connectivity index is 2.06. The van der Waals surface area contributed by atoms with E-state index in [-0.39, 0.29) is 21.7 Å². The highest BCUT2D eigenvalue weighted by atomic mass is 35.5. The number of ether oxygens (including phenoxy) is 1. The quantitative estimate of drug-likeness (QED) is 0.897. The number of anilines is 1. The summed E-state index contributed by atoms with van der Waals surface area (Å²) < 4.78 is 33.6. The Morgan fingerprint density at radius 1 is 1.29 bits per heavy atom. The molecule has 130 valence electrons. The maximum atomic E-state index is 13.0. The van der Waals surface area contributed by atoms with Crippen LogP contribution in [-0.4, -0.2) is 25.7 Å². The summed E-state index contributed by atoms with van der Waals surface area (Å²) >= 11 is 5.86. The molecule has 1 atom stereocenters. The number of hydrogen-bond donors (Lipinski definition) is 1. The third kappa shape index (κ3) is 2.94. The number of halogens is 1. The first-order valence-electron chi connectivity index (χ1n) is 7.89. The van der Waals surface area contributed by atoms with Gasteiger partial charge in [-0.15, -0.1) is 0 Å². The summed E-state index contributed by atoms with van der Waals surface area (Å²) in [5, 5.41) is 0.491. The van der Waals surface area contributed by atoms with Crippen LogP contribution in [0.5, 0.6) is 0 Å². The summed E-state index contributed by atoms with van der Waals surface area (Å²) in [5.74, 6) is 0.274. The molecule has 1 aromatic heterocycles. The van der Waals surface area contributed by atoms with Crippen molar-refractivity contribution in [2.24, 2.45) is 0 Å². The highest BCUT2D eigenvalue weighted by Crippen LogP contribution is 2.34. The summed E-state index contributed by atoms with van der Waals surface area (Å²) in [6, 6.07) is 6.14. The second-order valence-corrected chi connectivity index (χ2v) is 8.45. The van der Waals surface area contributed by atoms with Crippen molar-refractivity contribution in [3.05, 3.63) is 40.5 Å². The Kier molecular flexibility index (Phi) is 4.64. The van der Waals surface area contributed by atoms with Crippen LogP contribution in [0.1, 0.15) is 24.1 Å². The Hall–Kier alpha value is -1.50. The number of rotatable bonds is 4. The molecule has 1 fully saturated rings. The third-order valence-electron chi connectivity index (χ3n) is 4.61. The van der Waals surface area contributed by atoms with Gasteiger partial charge in [0.1, 0.15) is 10.7 Å². The molecule has 7 heteroatoms. The molecule has 0 saturated carbocycles. The molecule has 0 spiro atoms. The molecule has 5 nitrogen and oxygen atoms in total. The van der Waals surface area contributed by atoms with Gasteiger partial charge in [-0.1, -0.05) is 11.6 Å². The van der Waals surface area contributed by atoms with Crippen LogP contribution in [0.4, 0.5) is 5.82 Å². The van der Waals surface area contributed by atoms with E-state index in [1.165, 1.54) is 12.1 Å². The maximum Gasteiger partial charge on any atom is 0.210 e. The largest absolute Gasteiger partial charge is 0.384 e. The fraction of sp³-hybridized carbons (Fsp3) is 0.412. The predicted octanol–water partition coefficient (Wildman–Crippen LogP) is 3.35. The van der Waals surface area contributed by atoms with Crippen LogP contribution in [0.2, 0.25) is 5.02 Å². The number of nitrogens with zero attached hydrogens (tertiary/aromatic N) is 1. The van der Waals surface area contributed by atoms with Gasteiger partial charge in [0.25, 0.3) is 0 Å². The molecular formula is C17H21ClN2O3S. The summed E-state index contributed by atoms with van der Waals surface area (Å²) in [4.78, 5) is 0.372. The molecule has 0 aliphatic carbocycles. The lowest BCUT2D eigenvalue weighted by atomic mass is 10.2. The van der Waals surface area contributed by atoms with E-state index in [0.717, 1.165) is 25.1 Å². The zero-order valence-electron chi connectivity index (χ0n) is 13.8. The van der Waals surface area contributed by atoms with Gasteiger partial charge in [0.15, 0.2) is 0 Å². The first kappa shape index (κ1) is 17.3. The predicted molar refractivity (Wildman–Crippen MR) is 94.2 cm³/mol. The number of hydrogen-bond acceptors (Lipinski definition) is 4. The van der Waals surface area contributed by atoms with E-state index in [4.69, 9.17) is 22.1 Å². The molecule has 0 radical (unpaired) electrons. The zero-order valence-corrected chi connectivity index (χ0v) is 15.3. The number of aromatic nitrogens is 1. The van der Waals surface area contributed by atoms with Crippen LogP contribution in [0, 0.1) is 13.8 Å². The maximum absolute atomic E-state index is 13.0. The molecular weight excluding hydrogens is 348 g/mol. The molecule has 1 aromatic carbocycles. The average Bonchev–Trinajstić information content (AvgIpc) is 3.11. The molecule has 1 aliphatic heterocycles. The van der Waals surface area contributed by atoms with E-state index in [1.807, 2.05) is 11.5 Å². The van der Waals surface area contributed by atoms with E-state index in [0.29, 0.717) is 17.1 Å². The highest BCUT2D eigenvalue weighted by molar-refractivity contribution is 7.91. The summed E-state index contributed by atoms with van der Waals surface area (Å²) in [6.07, 6.45) is 2.08. The molecule has 0 unspecified atom stereocenters. The lowest BCUT2D eigenvalue weighted by Gasteiger charge is -2.14. The zero-order chi connectivity index (χ0) is 17.5. The fourth-order valence-corrected chi connectivity index (χ4v) is 4.95. The van der Waals surface area contributed by atoms with Gasteiger partial charge in [-0.25, -0.2) is 8.42 Å². The van der Waals surface area contributed by atoms with Gasteiger partial charge in [0.05, 0.1) is 17.5 Å². The molecule has 24 heavy (non-hydrogen) atoms. The van der Waals surface area contributed by atoms with Crippen molar-refractivity contribution in [1.29, 1.82) is 0 Å². The minimum Gasteiger partial charge on any atom is -0.384 e. The third-order valence-corrected chi connectivity index (χ3v) is 6.81. The minimum atomic E-state index is -3.70. The number of nitrogens with two attached hydrogens (primary N) is 1. The van der Waals surface area contributed by atoms with Crippen LogP contribution >= 0.6 is 11.6 Å². The van der Waals surface area contributed by atoms with Crippen LogP contribution in [0.3, 0.4) is 0 Å². The van der Waals surface area contributed by atoms with Crippen LogP contribution in [0.15, 0.2) is 34.1 Å². The van der Waals surface area contributed by atoms with Gasteiger partial charge in [-0.2, -0.15) is 0 Å². The monoisotopic (exact) mass is 368 g/mol. The van der Waals surface area contributed by atoms with Crippen molar-refractivity contribution in [2.45, 2.75) is 49.1 Å². The van der Waals surface area contributed by atoms with Crippen molar-refractivity contribution >= 4 is 27.3 Å². The standard InChI is InChI=1S/C17H21ClN2O3S/c1-11-12(2)20(10-14-4-3-9-23-14)17(19)16(11)24(21,22)15-7-5-13(18)6-8-15/h5-8,14H,3-4,9-10,19H2,1-2H3/t14-/m1/s1. The average molecular weight is 369 g/mol. The van der Waals surface area contributed by atoms with E-state index in [9.17, 15) is 8.42 Å². The molecule has 2 heterocycles. The Morgan fingerprint density at radius 2 is 1.96 bits per heavy atom. The first-order chi connectivity index (χ1) is 11.3. The van der Waals surface area contributed by atoms with Crippen LogP contribution < -0.4 is 5.73 Å². The van der Waals surface area contributed by atoms with Gasteiger partial charge in [0.2, 0.25) is 9.84 Å². The lowest BCUT2D eigenvalue weighted by molar-refractivity contribution is 0.0970. The number of sulfone groups is 1. The van der Waals surface area contributed by atoms with Gasteiger partial charge in [0, 0.05) is 17.3 Å². The molecule has 3 rings (SSSR count). The Morgan fingerprint density at radius 3 is 2.54 bits per heavy atom. The van der Waals surface area contributed by atoms with Gasteiger partial charge >= 0.3 is 0 Å². The first-order valence-corrected chi connectivity index (χ1v) is 9.76. The molecule has 1 aliphatic rings. The smallest absolute Gasteiger partial charge is 0.210 e. The topological polar surface area (TPSA) is 74.3 Å². The van der Waals surface area contributed by atoms with E-state index < -0.39 is 9.84 Å². The second-order valence-electron chi connectivity index (χ2n) is 6.13. The summed E-state index contributed by atoms with van der Waals surface area (Å²) in [5.41, 5.74) is 7.78. The van der Waals surface area contributed by atoms with Gasteiger partial charge in [-0.3, -0.25) is 0 Å². The van der Waals surface area contributed by atoms with Crippen molar-refractivity contribution < 1.29 is 13.2 Å². The lowest BCUT2D eigenvalue weighted by Crippen LogP contribution is -2.18. The summed E-state index contributed by atoms with van der Waals surface area (Å²) in [7, 11) is -3.70. The van der Waals surface area contributed by atoms with Gasteiger partial charge < -0.3 is 15.0 Å². The summed E-state index contributed by atoms with van der Waals surface area (Å²) in [6.45, 7) is 5.01. The molecule has 0 bridgehead atoms. The number of nitrogen functional groups attached to an aromatic ring is 1. The van der Waals surface area contributed by atoms with Crippen molar-refractivity contribution in [1.82, 2.24) is 4.57 Å². The normalized spacial score (nSPS) is 18.2. The highest BCUT2D eigenvalue weighted by Gasteiger charge is 2.29. The molecule has 2 N–H and O–H groups in total. The Bertz CT molecular complexity index is 851. The second kappa shape index (κ2) is 6.43. The van der Waals surface area contributed by atoms with E-state index in [1.54, 1.807) is 19.1 Å². The number of benzene rings is 1. The van der Waals surface area contributed by atoms with Crippen molar-refractivity contribution in [3.63, 3.8) is 0 Å².